The zero-order chi connectivity index (χ0) is 20.0. The van der Waals surface area contributed by atoms with E-state index in [-0.39, 0.29) is 11.5 Å². The number of alkyl halides is 3. The molecule has 0 fully saturated rings. The molecule has 2 aromatic rings. The lowest BCUT2D eigenvalue weighted by Crippen LogP contribution is -2.22. The van der Waals surface area contributed by atoms with Crippen LogP contribution in [0, 0.1) is 0 Å². The number of carbonyl (C=O) groups excluding carboxylic acids is 2. The van der Waals surface area contributed by atoms with Crippen molar-refractivity contribution < 1.29 is 22.8 Å². The Bertz CT molecular complexity index is 879. The molecule has 0 radical (unpaired) electrons. The van der Waals surface area contributed by atoms with Crippen molar-refractivity contribution in [3.8, 4) is 0 Å². The fourth-order valence-electron chi connectivity index (χ4n) is 2.22. The molecule has 2 amide bonds. The van der Waals surface area contributed by atoms with Crippen LogP contribution < -0.4 is 10.6 Å². The topological polar surface area (TPSA) is 58.2 Å². The molecule has 0 bridgehead atoms. The van der Waals surface area contributed by atoms with E-state index in [0.29, 0.717) is 17.8 Å². The van der Waals surface area contributed by atoms with Gasteiger partial charge in [0.05, 0.1) is 10.6 Å². The molecular formula is C19H16ClF3N2O2. The molecule has 0 aromatic heterocycles. The molecule has 142 valence electrons. The minimum Gasteiger partial charge on any atom is -0.352 e. The number of nitrogens with one attached hydrogen (secondary N) is 2. The molecule has 0 heterocycles. The summed E-state index contributed by atoms with van der Waals surface area (Å²) in [6.07, 6.45) is -2.24. The molecular weight excluding hydrogens is 381 g/mol. The first-order chi connectivity index (χ1) is 12.7. The number of halogens is 4. The van der Waals surface area contributed by atoms with E-state index in [2.05, 4.69) is 10.6 Å². The number of amides is 2. The van der Waals surface area contributed by atoms with E-state index in [1.54, 1.807) is 25.1 Å². The Morgan fingerprint density at radius 1 is 1.15 bits per heavy atom. The highest BCUT2D eigenvalue weighted by Gasteiger charge is 2.33. The highest BCUT2D eigenvalue weighted by molar-refractivity contribution is 6.31. The third kappa shape index (κ3) is 5.86. The molecule has 0 aliphatic carbocycles. The van der Waals surface area contributed by atoms with Gasteiger partial charge in [-0.3, -0.25) is 9.59 Å². The summed E-state index contributed by atoms with van der Waals surface area (Å²) in [6.45, 7) is 2.26. The second kappa shape index (κ2) is 8.73. The Labute approximate surface area is 159 Å². The number of carbonyl (C=O) groups is 2. The maximum Gasteiger partial charge on any atom is 0.417 e. The van der Waals surface area contributed by atoms with Crippen LogP contribution in [0.2, 0.25) is 5.02 Å². The molecule has 0 aliphatic rings. The van der Waals surface area contributed by atoms with Gasteiger partial charge in [0.2, 0.25) is 5.91 Å². The Morgan fingerprint density at radius 2 is 1.89 bits per heavy atom. The fourth-order valence-corrected chi connectivity index (χ4v) is 2.45. The van der Waals surface area contributed by atoms with E-state index in [4.69, 9.17) is 11.6 Å². The molecule has 0 saturated heterocycles. The normalized spacial score (nSPS) is 11.4. The lowest BCUT2D eigenvalue weighted by molar-refractivity contribution is -0.137. The summed E-state index contributed by atoms with van der Waals surface area (Å²) >= 11 is 5.56. The Morgan fingerprint density at radius 3 is 2.56 bits per heavy atom. The minimum absolute atomic E-state index is 0.179. The lowest BCUT2D eigenvalue weighted by Gasteiger charge is -2.09. The standard InChI is InChI=1S/C19H16ClF3N2O2/c1-2-24-18(27)13-4-3-5-14(11-13)25-17(26)9-7-12-6-8-16(20)15(10-12)19(21,22)23/h3-11H,2H2,1H3,(H,24,27)(H,25,26)/b9-7+. The molecule has 0 saturated carbocycles. The average Bonchev–Trinajstić information content (AvgIpc) is 2.60. The van der Waals surface area contributed by atoms with Gasteiger partial charge in [-0.05, 0) is 48.9 Å². The predicted molar refractivity (Wildman–Crippen MR) is 98.6 cm³/mol. The zero-order valence-corrected chi connectivity index (χ0v) is 15.0. The van der Waals surface area contributed by atoms with E-state index in [0.717, 1.165) is 18.2 Å². The first kappa shape index (κ1) is 20.5. The van der Waals surface area contributed by atoms with Crippen molar-refractivity contribution >= 4 is 35.2 Å². The van der Waals surface area contributed by atoms with Crippen LogP contribution in [-0.2, 0) is 11.0 Å². The second-order valence-corrected chi connectivity index (χ2v) is 5.91. The molecule has 0 spiro atoms. The Balaban J connectivity index is 2.10. The van der Waals surface area contributed by atoms with Gasteiger partial charge in [0, 0.05) is 23.9 Å². The van der Waals surface area contributed by atoms with E-state index in [1.807, 2.05) is 0 Å². The number of benzene rings is 2. The average molecular weight is 397 g/mol. The SMILES string of the molecule is CCNC(=O)c1cccc(NC(=O)/C=C/c2ccc(Cl)c(C(F)(F)F)c2)c1. The lowest BCUT2D eigenvalue weighted by atomic mass is 10.1. The smallest absolute Gasteiger partial charge is 0.352 e. The molecule has 0 aliphatic heterocycles. The van der Waals surface area contributed by atoms with Crippen molar-refractivity contribution in [2.45, 2.75) is 13.1 Å². The molecule has 8 heteroatoms. The van der Waals surface area contributed by atoms with Gasteiger partial charge in [0.25, 0.3) is 5.91 Å². The quantitative estimate of drug-likeness (QED) is 0.716. The molecule has 4 nitrogen and oxygen atoms in total. The van der Waals surface area contributed by atoms with Crippen molar-refractivity contribution in [1.29, 1.82) is 0 Å². The van der Waals surface area contributed by atoms with Gasteiger partial charge in [-0.25, -0.2) is 0 Å². The maximum absolute atomic E-state index is 12.9. The van der Waals surface area contributed by atoms with Crippen molar-refractivity contribution in [3.63, 3.8) is 0 Å². The summed E-state index contributed by atoms with van der Waals surface area (Å²) in [7, 11) is 0. The monoisotopic (exact) mass is 396 g/mol. The van der Waals surface area contributed by atoms with Crippen LogP contribution in [-0.4, -0.2) is 18.4 Å². The largest absolute Gasteiger partial charge is 0.417 e. The molecule has 2 N–H and O–H groups in total. The first-order valence-electron chi connectivity index (χ1n) is 7.94. The maximum atomic E-state index is 12.9. The van der Waals surface area contributed by atoms with Gasteiger partial charge in [-0.2, -0.15) is 13.2 Å². The highest BCUT2D eigenvalue weighted by atomic mass is 35.5. The zero-order valence-electron chi connectivity index (χ0n) is 14.2. The first-order valence-corrected chi connectivity index (χ1v) is 8.32. The second-order valence-electron chi connectivity index (χ2n) is 5.50. The van der Waals surface area contributed by atoms with Crippen LogP contribution in [0.25, 0.3) is 6.08 Å². The molecule has 0 atom stereocenters. The summed E-state index contributed by atoms with van der Waals surface area (Å²) < 4.78 is 38.6. The van der Waals surface area contributed by atoms with Gasteiger partial charge >= 0.3 is 6.18 Å². The summed E-state index contributed by atoms with van der Waals surface area (Å²) in [4.78, 5) is 23.8. The van der Waals surface area contributed by atoms with E-state index < -0.39 is 22.7 Å². The summed E-state index contributed by atoms with van der Waals surface area (Å²) in [5.41, 5.74) is -0.0223. The molecule has 27 heavy (non-hydrogen) atoms. The van der Waals surface area contributed by atoms with Crippen LogP contribution in [0.4, 0.5) is 18.9 Å². The van der Waals surface area contributed by atoms with Crippen molar-refractivity contribution in [2.24, 2.45) is 0 Å². The number of hydrogen-bond acceptors (Lipinski definition) is 2. The van der Waals surface area contributed by atoms with Crippen LogP contribution in [0.15, 0.2) is 48.5 Å². The third-order valence-corrected chi connectivity index (χ3v) is 3.78. The van der Waals surface area contributed by atoms with Crippen LogP contribution in [0.3, 0.4) is 0 Å². The van der Waals surface area contributed by atoms with Gasteiger partial charge in [0.15, 0.2) is 0 Å². The van der Waals surface area contributed by atoms with Crippen molar-refractivity contribution in [3.05, 3.63) is 70.3 Å². The minimum atomic E-state index is -4.58. The summed E-state index contributed by atoms with van der Waals surface area (Å²) in [5.74, 6) is -0.823. The van der Waals surface area contributed by atoms with E-state index in [9.17, 15) is 22.8 Å². The summed E-state index contributed by atoms with van der Waals surface area (Å²) in [5, 5.41) is 4.78. The van der Waals surface area contributed by atoms with Gasteiger partial charge in [-0.1, -0.05) is 23.7 Å². The van der Waals surface area contributed by atoms with Crippen LogP contribution >= 0.6 is 11.6 Å². The third-order valence-electron chi connectivity index (χ3n) is 3.45. The summed E-state index contributed by atoms with van der Waals surface area (Å²) in [6, 6.07) is 9.66. The van der Waals surface area contributed by atoms with Gasteiger partial charge in [-0.15, -0.1) is 0 Å². The van der Waals surface area contributed by atoms with Crippen LogP contribution in [0.5, 0.6) is 0 Å². The van der Waals surface area contributed by atoms with Crippen molar-refractivity contribution in [2.75, 3.05) is 11.9 Å². The fraction of sp³-hybridized carbons (Fsp3) is 0.158. The number of hydrogen-bond donors (Lipinski definition) is 2. The molecule has 2 rings (SSSR count). The Kier molecular flexibility index (Phi) is 6.63. The molecule has 0 unspecified atom stereocenters. The number of anilines is 1. The van der Waals surface area contributed by atoms with Gasteiger partial charge in [0.1, 0.15) is 0 Å². The Hall–Kier alpha value is -2.80. The van der Waals surface area contributed by atoms with E-state index >= 15 is 0 Å². The molecule has 2 aromatic carbocycles. The van der Waals surface area contributed by atoms with Gasteiger partial charge < -0.3 is 10.6 Å². The highest BCUT2D eigenvalue weighted by Crippen LogP contribution is 2.35. The van der Waals surface area contributed by atoms with E-state index in [1.165, 1.54) is 18.2 Å². The van der Waals surface area contributed by atoms with Crippen molar-refractivity contribution in [1.82, 2.24) is 5.32 Å². The van der Waals surface area contributed by atoms with Crippen LogP contribution in [0.1, 0.15) is 28.4 Å². The number of rotatable bonds is 5. The predicted octanol–water partition coefficient (Wildman–Crippen LogP) is 4.76.